The van der Waals surface area contributed by atoms with E-state index in [0.29, 0.717) is 4.96 Å². The summed E-state index contributed by atoms with van der Waals surface area (Å²) >= 11 is 1.40. The van der Waals surface area contributed by atoms with Crippen LogP contribution < -0.4 is 10.9 Å². The van der Waals surface area contributed by atoms with Crippen LogP contribution in [-0.2, 0) is 6.54 Å². The third-order valence-electron chi connectivity index (χ3n) is 4.02. The van der Waals surface area contributed by atoms with Crippen LogP contribution >= 0.6 is 11.3 Å². The van der Waals surface area contributed by atoms with Crippen LogP contribution in [0.5, 0.6) is 0 Å². The molecule has 2 aromatic rings. The van der Waals surface area contributed by atoms with Crippen molar-refractivity contribution in [3.8, 4) is 0 Å². The van der Waals surface area contributed by atoms with E-state index in [9.17, 15) is 4.79 Å². The Kier molecular flexibility index (Phi) is 4.62. The summed E-state index contributed by atoms with van der Waals surface area (Å²) in [5, 5.41) is 7.41. The van der Waals surface area contributed by atoms with Crippen molar-refractivity contribution in [2.45, 2.75) is 26.3 Å². The molecule has 0 aliphatic carbocycles. The first-order valence-electron chi connectivity index (χ1n) is 7.52. The maximum atomic E-state index is 11.9. The third kappa shape index (κ3) is 3.48. The number of piperidine rings is 1. The molecule has 2 aromatic heterocycles. The van der Waals surface area contributed by atoms with E-state index >= 15 is 0 Å². The molecule has 21 heavy (non-hydrogen) atoms. The van der Waals surface area contributed by atoms with Crippen LogP contribution in [0.25, 0.3) is 4.96 Å². The molecule has 1 saturated heterocycles. The highest BCUT2D eigenvalue weighted by Crippen LogP contribution is 2.18. The Balaban J connectivity index is 1.60. The zero-order chi connectivity index (χ0) is 14.7. The monoisotopic (exact) mass is 307 g/mol. The highest BCUT2D eigenvalue weighted by atomic mass is 32.1. The van der Waals surface area contributed by atoms with E-state index < -0.39 is 0 Å². The smallest absolute Gasteiger partial charge is 0.275 e. The van der Waals surface area contributed by atoms with Crippen molar-refractivity contribution in [1.82, 2.24) is 24.8 Å². The first kappa shape index (κ1) is 14.6. The van der Waals surface area contributed by atoms with Crippen molar-refractivity contribution < 1.29 is 0 Å². The lowest BCUT2D eigenvalue weighted by Gasteiger charge is -2.31. The number of fused-ring (bicyclic) bond motifs is 1. The number of hydrogen-bond donors (Lipinski definition) is 1. The van der Waals surface area contributed by atoms with Crippen LogP contribution in [0.1, 0.15) is 25.5 Å². The zero-order valence-electron chi connectivity index (χ0n) is 12.3. The number of nitrogens with zero attached hydrogens (tertiary/aromatic N) is 4. The molecule has 0 radical (unpaired) electrons. The van der Waals surface area contributed by atoms with Crippen molar-refractivity contribution >= 4 is 16.3 Å². The third-order valence-corrected chi connectivity index (χ3v) is 4.69. The molecule has 0 aromatic carbocycles. The van der Waals surface area contributed by atoms with Crippen LogP contribution in [0.4, 0.5) is 0 Å². The van der Waals surface area contributed by atoms with E-state index in [1.807, 2.05) is 0 Å². The highest BCUT2D eigenvalue weighted by molar-refractivity contribution is 7.14. The quantitative estimate of drug-likeness (QED) is 0.892. The summed E-state index contributed by atoms with van der Waals surface area (Å²) in [6, 6.07) is 1.61. The summed E-state index contributed by atoms with van der Waals surface area (Å²) in [6.45, 7) is 7.24. The van der Waals surface area contributed by atoms with Gasteiger partial charge in [-0.2, -0.15) is 9.61 Å². The van der Waals surface area contributed by atoms with Crippen LogP contribution in [0.2, 0.25) is 0 Å². The first-order chi connectivity index (χ1) is 10.3. The number of rotatable bonds is 5. The molecular weight excluding hydrogens is 286 g/mol. The molecule has 3 heterocycles. The van der Waals surface area contributed by atoms with Gasteiger partial charge in [0.05, 0.1) is 5.69 Å². The predicted octanol–water partition coefficient (Wildman–Crippen LogP) is 0.972. The lowest BCUT2D eigenvalue weighted by atomic mass is 9.96. The molecule has 1 fully saturated rings. The normalized spacial score (nSPS) is 17.6. The molecule has 1 aliphatic rings. The molecule has 0 unspecified atom stereocenters. The fraction of sp³-hybridized carbons (Fsp3) is 0.643. The Morgan fingerprint density at radius 1 is 1.43 bits per heavy atom. The molecule has 114 valence electrons. The molecule has 0 bridgehead atoms. The molecule has 0 spiro atoms. The fourth-order valence-corrected chi connectivity index (χ4v) is 3.45. The maximum absolute atomic E-state index is 11.9. The van der Waals surface area contributed by atoms with Crippen molar-refractivity contribution in [3.05, 3.63) is 27.6 Å². The van der Waals surface area contributed by atoms with Gasteiger partial charge in [0.15, 0.2) is 0 Å². The standard InChI is InChI=1S/C14H21N5OS/c1-2-15-8-11-3-5-18(6-4-11)9-12-7-13(20)19-14(17-12)21-10-16-19/h7,10-11,15H,2-6,8-9H2,1H3. The van der Waals surface area contributed by atoms with E-state index in [0.717, 1.165) is 44.3 Å². The summed E-state index contributed by atoms with van der Waals surface area (Å²) in [4.78, 5) is 19.5. The molecular formula is C14H21N5OS. The van der Waals surface area contributed by atoms with Crippen molar-refractivity contribution in [3.63, 3.8) is 0 Å². The number of nitrogens with one attached hydrogen (secondary N) is 1. The second kappa shape index (κ2) is 6.64. The molecule has 0 atom stereocenters. The lowest BCUT2D eigenvalue weighted by Crippen LogP contribution is -2.37. The minimum absolute atomic E-state index is 0.0849. The lowest BCUT2D eigenvalue weighted by molar-refractivity contribution is 0.174. The van der Waals surface area contributed by atoms with Gasteiger partial charge in [0.1, 0.15) is 5.51 Å². The predicted molar refractivity (Wildman–Crippen MR) is 83.7 cm³/mol. The molecule has 1 aliphatic heterocycles. The van der Waals surface area contributed by atoms with E-state index in [4.69, 9.17) is 0 Å². The van der Waals surface area contributed by atoms with Crippen molar-refractivity contribution in [2.75, 3.05) is 26.2 Å². The van der Waals surface area contributed by atoms with E-state index in [-0.39, 0.29) is 5.56 Å². The summed E-state index contributed by atoms with van der Waals surface area (Å²) in [5.74, 6) is 0.781. The molecule has 1 N–H and O–H groups in total. The molecule has 7 heteroatoms. The first-order valence-corrected chi connectivity index (χ1v) is 8.39. The number of aromatic nitrogens is 3. The average molecular weight is 307 g/mol. The SMILES string of the molecule is CCNCC1CCN(Cc2cc(=O)n3ncsc3n2)CC1. The largest absolute Gasteiger partial charge is 0.317 e. The highest BCUT2D eigenvalue weighted by Gasteiger charge is 2.19. The topological polar surface area (TPSA) is 62.5 Å². The Hall–Kier alpha value is -1.31. The zero-order valence-corrected chi connectivity index (χ0v) is 13.1. The van der Waals surface area contributed by atoms with Crippen LogP contribution in [-0.4, -0.2) is 45.7 Å². The Morgan fingerprint density at radius 2 is 2.24 bits per heavy atom. The Bertz CT molecular complexity index is 644. The van der Waals surface area contributed by atoms with Gasteiger partial charge in [-0.3, -0.25) is 9.69 Å². The maximum Gasteiger partial charge on any atom is 0.275 e. The van der Waals surface area contributed by atoms with E-state index in [1.165, 1.54) is 28.7 Å². The van der Waals surface area contributed by atoms with Crippen LogP contribution in [0, 0.1) is 5.92 Å². The second-order valence-electron chi connectivity index (χ2n) is 5.55. The summed E-state index contributed by atoms with van der Waals surface area (Å²) in [5.41, 5.74) is 2.42. The van der Waals surface area contributed by atoms with Gasteiger partial charge in [-0.25, -0.2) is 4.98 Å². The van der Waals surface area contributed by atoms with Gasteiger partial charge in [-0.05, 0) is 44.9 Å². The second-order valence-corrected chi connectivity index (χ2v) is 6.36. The summed E-state index contributed by atoms with van der Waals surface area (Å²) in [7, 11) is 0. The summed E-state index contributed by atoms with van der Waals surface area (Å²) < 4.78 is 1.36. The van der Waals surface area contributed by atoms with Gasteiger partial charge < -0.3 is 5.32 Å². The van der Waals surface area contributed by atoms with Gasteiger partial charge in [0.25, 0.3) is 5.56 Å². The average Bonchev–Trinajstić information content (AvgIpc) is 2.95. The van der Waals surface area contributed by atoms with Crippen molar-refractivity contribution in [1.29, 1.82) is 0 Å². The van der Waals surface area contributed by atoms with E-state index in [1.54, 1.807) is 11.6 Å². The number of hydrogen-bond acceptors (Lipinski definition) is 6. The minimum Gasteiger partial charge on any atom is -0.317 e. The molecule has 3 rings (SSSR count). The Labute approximate surface area is 127 Å². The van der Waals surface area contributed by atoms with Gasteiger partial charge in [0, 0.05) is 12.6 Å². The van der Waals surface area contributed by atoms with E-state index in [2.05, 4.69) is 27.2 Å². The van der Waals surface area contributed by atoms with Crippen LogP contribution in [0.15, 0.2) is 16.4 Å². The molecule has 0 amide bonds. The Morgan fingerprint density at radius 3 is 3.00 bits per heavy atom. The fourth-order valence-electron chi connectivity index (χ4n) is 2.81. The van der Waals surface area contributed by atoms with Gasteiger partial charge in [0.2, 0.25) is 4.96 Å². The van der Waals surface area contributed by atoms with Crippen molar-refractivity contribution in [2.24, 2.45) is 5.92 Å². The molecule has 0 saturated carbocycles. The molecule has 6 nitrogen and oxygen atoms in total. The summed E-state index contributed by atoms with van der Waals surface area (Å²) in [6.07, 6.45) is 2.43. The minimum atomic E-state index is -0.0849. The van der Waals surface area contributed by atoms with Gasteiger partial charge in [-0.15, -0.1) is 0 Å². The van der Waals surface area contributed by atoms with Gasteiger partial charge in [-0.1, -0.05) is 18.3 Å². The van der Waals surface area contributed by atoms with Gasteiger partial charge >= 0.3 is 0 Å². The number of likely N-dealkylation sites (tertiary alicyclic amines) is 1. The van der Waals surface area contributed by atoms with Crippen LogP contribution in [0.3, 0.4) is 0 Å².